The van der Waals surface area contributed by atoms with Crippen molar-refractivity contribution in [2.75, 3.05) is 58.5 Å². The summed E-state index contributed by atoms with van der Waals surface area (Å²) in [5.41, 5.74) is 2.98. The minimum absolute atomic E-state index is 0.0467. The van der Waals surface area contributed by atoms with E-state index in [2.05, 4.69) is 41.2 Å². The van der Waals surface area contributed by atoms with Gasteiger partial charge in [-0.15, -0.1) is 0 Å². The lowest BCUT2D eigenvalue weighted by atomic mass is 10.0. The van der Waals surface area contributed by atoms with Crippen molar-refractivity contribution in [3.05, 3.63) is 59.7 Å². The summed E-state index contributed by atoms with van der Waals surface area (Å²) < 4.78 is 10.8. The number of methoxy groups -OCH3 is 1. The maximum Gasteiger partial charge on any atom is 0.251 e. The van der Waals surface area contributed by atoms with Gasteiger partial charge in [0.05, 0.1) is 26.4 Å². The average molecular weight is 426 g/mol. The van der Waals surface area contributed by atoms with Gasteiger partial charge in [-0.05, 0) is 48.4 Å². The molecule has 1 aliphatic rings. The smallest absolute Gasteiger partial charge is 0.251 e. The molecule has 1 aliphatic heterocycles. The van der Waals surface area contributed by atoms with Gasteiger partial charge in [-0.25, -0.2) is 0 Å². The first-order chi connectivity index (χ1) is 15.1. The summed E-state index contributed by atoms with van der Waals surface area (Å²) in [7, 11) is 3.76. The number of morpholine rings is 1. The topological polar surface area (TPSA) is 54.0 Å². The summed E-state index contributed by atoms with van der Waals surface area (Å²) in [5.74, 6) is 0.784. The van der Waals surface area contributed by atoms with Crippen LogP contribution in [0.2, 0.25) is 0 Å². The van der Waals surface area contributed by atoms with Gasteiger partial charge in [0.25, 0.3) is 5.91 Å². The fraction of sp³-hybridized carbons (Fsp3) is 0.480. The van der Waals surface area contributed by atoms with Crippen LogP contribution in [0.1, 0.15) is 41.7 Å². The standard InChI is InChI=1S/C25H35N3O3/c1-4-5-14-27(2)22-10-6-21(7-11-22)25(29)26-19-24(28-15-17-31-18-16-28)20-8-12-23(30-3)13-9-20/h6-13,24H,4-5,14-19H2,1-3H3,(H,26,29). The Balaban J connectivity index is 1.65. The number of nitrogens with zero attached hydrogens (tertiary/aromatic N) is 2. The third-order valence-electron chi connectivity index (χ3n) is 5.86. The number of hydrogen-bond donors (Lipinski definition) is 1. The second-order valence-electron chi connectivity index (χ2n) is 7.97. The quantitative estimate of drug-likeness (QED) is 0.629. The lowest BCUT2D eigenvalue weighted by Crippen LogP contribution is -2.43. The maximum atomic E-state index is 12.8. The summed E-state index contributed by atoms with van der Waals surface area (Å²) in [6.07, 6.45) is 2.33. The lowest BCUT2D eigenvalue weighted by Gasteiger charge is -2.35. The van der Waals surface area contributed by atoms with Gasteiger partial charge in [0.15, 0.2) is 0 Å². The molecule has 2 aromatic rings. The fourth-order valence-electron chi connectivity index (χ4n) is 3.86. The van der Waals surface area contributed by atoms with Crippen molar-refractivity contribution < 1.29 is 14.3 Å². The van der Waals surface area contributed by atoms with Crippen molar-refractivity contribution in [3.63, 3.8) is 0 Å². The molecule has 1 N–H and O–H groups in total. The predicted molar refractivity (Wildman–Crippen MR) is 125 cm³/mol. The molecule has 0 radical (unpaired) electrons. The minimum atomic E-state index is -0.0467. The Hall–Kier alpha value is -2.57. The van der Waals surface area contributed by atoms with E-state index in [1.54, 1.807) is 7.11 Å². The van der Waals surface area contributed by atoms with Crippen LogP contribution < -0.4 is 15.0 Å². The van der Waals surface area contributed by atoms with Gasteiger partial charge in [0.1, 0.15) is 5.75 Å². The van der Waals surface area contributed by atoms with Crippen LogP contribution >= 0.6 is 0 Å². The van der Waals surface area contributed by atoms with Crippen molar-refractivity contribution >= 4 is 11.6 Å². The molecule has 2 aromatic carbocycles. The average Bonchev–Trinajstić information content (AvgIpc) is 2.83. The third-order valence-corrected chi connectivity index (χ3v) is 5.86. The summed E-state index contributed by atoms with van der Waals surface area (Å²) in [4.78, 5) is 17.4. The van der Waals surface area contributed by atoms with Crippen LogP contribution in [0.5, 0.6) is 5.75 Å². The molecule has 0 saturated carbocycles. The van der Waals surface area contributed by atoms with Crippen LogP contribution in [0.3, 0.4) is 0 Å². The van der Waals surface area contributed by atoms with Gasteiger partial charge >= 0.3 is 0 Å². The van der Waals surface area contributed by atoms with Crippen LogP contribution in [0, 0.1) is 0 Å². The monoisotopic (exact) mass is 425 g/mol. The van der Waals surface area contributed by atoms with Gasteiger partial charge in [-0.2, -0.15) is 0 Å². The molecule has 1 amide bonds. The van der Waals surface area contributed by atoms with E-state index in [1.807, 2.05) is 36.4 Å². The van der Waals surface area contributed by atoms with E-state index in [0.717, 1.165) is 43.1 Å². The number of anilines is 1. The summed E-state index contributed by atoms with van der Waals surface area (Å²) in [5, 5.41) is 3.14. The molecule has 31 heavy (non-hydrogen) atoms. The molecule has 0 spiro atoms. The zero-order valence-corrected chi connectivity index (χ0v) is 19.0. The highest BCUT2D eigenvalue weighted by Crippen LogP contribution is 2.24. The highest BCUT2D eigenvalue weighted by Gasteiger charge is 2.23. The molecule has 0 aromatic heterocycles. The molecular formula is C25H35N3O3. The molecule has 6 heteroatoms. The highest BCUT2D eigenvalue weighted by molar-refractivity contribution is 5.94. The number of rotatable bonds is 10. The molecule has 1 unspecified atom stereocenters. The van der Waals surface area contributed by atoms with Gasteiger partial charge in [-0.3, -0.25) is 9.69 Å². The van der Waals surface area contributed by atoms with Crippen molar-refractivity contribution in [2.24, 2.45) is 0 Å². The molecule has 0 bridgehead atoms. The number of hydrogen-bond acceptors (Lipinski definition) is 5. The molecule has 6 nitrogen and oxygen atoms in total. The Morgan fingerprint density at radius 3 is 2.42 bits per heavy atom. The maximum absolute atomic E-state index is 12.8. The normalized spacial score (nSPS) is 15.3. The van der Waals surface area contributed by atoms with Crippen molar-refractivity contribution in [1.82, 2.24) is 10.2 Å². The zero-order chi connectivity index (χ0) is 22.1. The molecule has 0 aliphatic carbocycles. The Kier molecular flexibility index (Phi) is 8.74. The largest absolute Gasteiger partial charge is 0.497 e. The predicted octanol–water partition coefficient (Wildman–Crippen LogP) is 3.73. The van der Waals surface area contributed by atoms with E-state index >= 15 is 0 Å². The van der Waals surface area contributed by atoms with Crippen molar-refractivity contribution in [2.45, 2.75) is 25.8 Å². The van der Waals surface area contributed by atoms with Crippen molar-refractivity contribution in [1.29, 1.82) is 0 Å². The molecule has 3 rings (SSSR count). The van der Waals surface area contributed by atoms with E-state index < -0.39 is 0 Å². The second kappa shape index (κ2) is 11.7. The molecule has 1 fully saturated rings. The summed E-state index contributed by atoms with van der Waals surface area (Å²) in [6, 6.07) is 16.0. The van der Waals surface area contributed by atoms with Gasteiger partial charge < -0.3 is 19.7 Å². The van der Waals surface area contributed by atoms with E-state index in [9.17, 15) is 4.79 Å². The Labute approximate surface area is 186 Å². The van der Waals surface area contributed by atoms with Crippen LogP contribution in [-0.4, -0.2) is 64.4 Å². The number of ether oxygens (including phenoxy) is 2. The van der Waals surface area contributed by atoms with Crippen LogP contribution in [0.4, 0.5) is 5.69 Å². The number of carbonyl (C=O) groups excluding carboxylic acids is 1. The minimum Gasteiger partial charge on any atom is -0.497 e. The fourth-order valence-corrected chi connectivity index (χ4v) is 3.86. The number of unbranched alkanes of at least 4 members (excludes halogenated alkanes) is 1. The summed E-state index contributed by atoms with van der Waals surface area (Å²) >= 11 is 0. The van der Waals surface area contributed by atoms with Crippen LogP contribution in [0.15, 0.2) is 48.5 Å². The highest BCUT2D eigenvalue weighted by atomic mass is 16.5. The molecule has 168 valence electrons. The van der Waals surface area contributed by atoms with Gasteiger partial charge in [0, 0.05) is 44.5 Å². The number of carbonyl (C=O) groups is 1. The van der Waals surface area contributed by atoms with E-state index in [1.165, 1.54) is 6.42 Å². The Morgan fingerprint density at radius 2 is 1.81 bits per heavy atom. The Morgan fingerprint density at radius 1 is 1.13 bits per heavy atom. The first-order valence-electron chi connectivity index (χ1n) is 11.2. The lowest BCUT2D eigenvalue weighted by molar-refractivity contribution is 0.0162. The second-order valence-corrected chi connectivity index (χ2v) is 7.97. The van der Waals surface area contributed by atoms with Crippen molar-refractivity contribution in [3.8, 4) is 5.75 Å². The first-order valence-corrected chi connectivity index (χ1v) is 11.2. The van der Waals surface area contributed by atoms with Crippen LogP contribution in [0.25, 0.3) is 0 Å². The first kappa shape index (κ1) is 23.1. The number of benzene rings is 2. The van der Waals surface area contributed by atoms with E-state index in [-0.39, 0.29) is 11.9 Å². The van der Waals surface area contributed by atoms with E-state index in [0.29, 0.717) is 25.3 Å². The summed E-state index contributed by atoms with van der Waals surface area (Å²) in [6.45, 7) is 6.89. The van der Waals surface area contributed by atoms with Gasteiger partial charge in [0.2, 0.25) is 0 Å². The third kappa shape index (κ3) is 6.45. The molecule has 1 atom stereocenters. The molecule has 1 heterocycles. The molecular weight excluding hydrogens is 390 g/mol. The zero-order valence-electron chi connectivity index (χ0n) is 19.0. The SMILES string of the molecule is CCCCN(C)c1ccc(C(=O)NCC(c2ccc(OC)cc2)N2CCOCC2)cc1. The van der Waals surface area contributed by atoms with Gasteiger partial charge in [-0.1, -0.05) is 25.5 Å². The van der Waals surface area contributed by atoms with E-state index in [4.69, 9.17) is 9.47 Å². The number of amides is 1. The number of nitrogens with one attached hydrogen (secondary N) is 1. The Bertz CT molecular complexity index is 802. The molecule has 1 saturated heterocycles. The van der Waals surface area contributed by atoms with Crippen LogP contribution in [-0.2, 0) is 4.74 Å².